The highest BCUT2D eigenvalue weighted by Crippen LogP contribution is 2.25. The summed E-state index contributed by atoms with van der Waals surface area (Å²) in [5, 5.41) is 6.84. The van der Waals surface area contributed by atoms with E-state index >= 15 is 0 Å². The summed E-state index contributed by atoms with van der Waals surface area (Å²) in [7, 11) is -3.88. The van der Waals surface area contributed by atoms with E-state index in [1.54, 1.807) is 6.07 Å². The number of hydrogen-bond donors (Lipinski definition) is 3. The van der Waals surface area contributed by atoms with Crippen molar-refractivity contribution in [3.05, 3.63) is 64.6 Å². The average molecular weight is 370 g/mol. The maximum Gasteiger partial charge on any atom is 0.417 e. The number of benzene rings is 2. The fourth-order valence-electron chi connectivity index (χ4n) is 2.68. The van der Waals surface area contributed by atoms with Gasteiger partial charge in [-0.15, -0.1) is 0 Å². The van der Waals surface area contributed by atoms with E-state index in [4.69, 9.17) is 4.42 Å². The molecule has 0 amide bonds. The SMILES string of the molecule is Cc1ccccc1-c1cc(NS(=O)(=O)c2ccc3[nH]c(=O)oc3c2)n[nH]1. The van der Waals surface area contributed by atoms with Gasteiger partial charge < -0.3 is 4.42 Å². The Balaban J connectivity index is 1.65. The first-order valence-corrected chi connectivity index (χ1v) is 9.18. The van der Waals surface area contributed by atoms with Gasteiger partial charge in [0, 0.05) is 17.7 Å². The van der Waals surface area contributed by atoms with E-state index in [2.05, 4.69) is 19.9 Å². The summed E-state index contributed by atoms with van der Waals surface area (Å²) < 4.78 is 32.5. The van der Waals surface area contributed by atoms with Crippen molar-refractivity contribution in [3.8, 4) is 11.3 Å². The average Bonchev–Trinajstić information content (AvgIpc) is 3.19. The van der Waals surface area contributed by atoms with Gasteiger partial charge in [0.05, 0.1) is 16.1 Å². The number of hydrogen-bond acceptors (Lipinski definition) is 5. The molecule has 9 heteroatoms. The predicted octanol–water partition coefficient (Wildman–Crippen LogP) is 2.62. The Morgan fingerprint density at radius 3 is 2.73 bits per heavy atom. The van der Waals surface area contributed by atoms with Crippen LogP contribution in [0.2, 0.25) is 0 Å². The molecule has 2 aromatic heterocycles. The summed E-state index contributed by atoms with van der Waals surface area (Å²) in [5.41, 5.74) is 3.27. The van der Waals surface area contributed by atoms with Gasteiger partial charge in [-0.3, -0.25) is 14.8 Å². The molecule has 0 unspecified atom stereocenters. The normalized spacial score (nSPS) is 11.7. The summed E-state index contributed by atoms with van der Waals surface area (Å²) in [6, 6.07) is 13.5. The molecule has 0 aliphatic rings. The summed E-state index contributed by atoms with van der Waals surface area (Å²) >= 11 is 0. The van der Waals surface area contributed by atoms with Gasteiger partial charge in [0.25, 0.3) is 10.0 Å². The third kappa shape index (κ3) is 2.88. The lowest BCUT2D eigenvalue weighted by Crippen LogP contribution is -2.13. The second-order valence-electron chi connectivity index (χ2n) is 5.76. The number of rotatable bonds is 4. The van der Waals surface area contributed by atoms with Crippen molar-refractivity contribution < 1.29 is 12.8 Å². The number of aromatic nitrogens is 3. The molecule has 26 heavy (non-hydrogen) atoms. The summed E-state index contributed by atoms with van der Waals surface area (Å²) in [6.07, 6.45) is 0. The highest BCUT2D eigenvalue weighted by Gasteiger charge is 2.18. The molecule has 2 heterocycles. The molecule has 0 aliphatic heterocycles. The molecule has 0 saturated carbocycles. The van der Waals surface area contributed by atoms with Crippen LogP contribution in [-0.4, -0.2) is 23.6 Å². The summed E-state index contributed by atoms with van der Waals surface area (Å²) in [6.45, 7) is 1.96. The van der Waals surface area contributed by atoms with Crippen LogP contribution in [0, 0.1) is 6.92 Å². The number of anilines is 1. The molecule has 0 radical (unpaired) electrons. The van der Waals surface area contributed by atoms with Crippen molar-refractivity contribution in [2.75, 3.05) is 4.72 Å². The van der Waals surface area contributed by atoms with Crippen molar-refractivity contribution in [3.63, 3.8) is 0 Å². The topological polar surface area (TPSA) is 121 Å². The van der Waals surface area contributed by atoms with Gasteiger partial charge in [-0.25, -0.2) is 13.2 Å². The molecule has 0 bridgehead atoms. The number of fused-ring (bicyclic) bond motifs is 1. The van der Waals surface area contributed by atoms with Crippen molar-refractivity contribution in [2.45, 2.75) is 11.8 Å². The Hall–Kier alpha value is -3.33. The van der Waals surface area contributed by atoms with Crippen molar-refractivity contribution in [2.24, 2.45) is 0 Å². The van der Waals surface area contributed by atoms with Crippen LogP contribution >= 0.6 is 0 Å². The first-order chi connectivity index (χ1) is 12.4. The highest BCUT2D eigenvalue weighted by atomic mass is 32.2. The zero-order valence-corrected chi connectivity index (χ0v) is 14.4. The largest absolute Gasteiger partial charge is 0.417 e. The maximum absolute atomic E-state index is 12.6. The molecule has 2 aromatic carbocycles. The van der Waals surface area contributed by atoms with Crippen molar-refractivity contribution >= 4 is 26.9 Å². The Kier molecular flexibility index (Phi) is 3.66. The molecule has 0 aliphatic carbocycles. The van der Waals surface area contributed by atoms with Crippen LogP contribution in [0.1, 0.15) is 5.56 Å². The third-order valence-electron chi connectivity index (χ3n) is 3.95. The van der Waals surface area contributed by atoms with E-state index in [0.29, 0.717) is 11.2 Å². The number of nitrogens with zero attached hydrogens (tertiary/aromatic N) is 1. The highest BCUT2D eigenvalue weighted by molar-refractivity contribution is 7.92. The van der Waals surface area contributed by atoms with Crippen LogP contribution in [0.5, 0.6) is 0 Å². The van der Waals surface area contributed by atoms with E-state index in [0.717, 1.165) is 11.1 Å². The molecule has 3 N–H and O–H groups in total. The molecule has 0 saturated heterocycles. The van der Waals surface area contributed by atoms with E-state index in [1.807, 2.05) is 31.2 Å². The van der Waals surface area contributed by atoms with Gasteiger partial charge in [-0.2, -0.15) is 5.10 Å². The van der Waals surface area contributed by atoms with Gasteiger partial charge in [0.15, 0.2) is 11.4 Å². The van der Waals surface area contributed by atoms with Crippen molar-refractivity contribution in [1.29, 1.82) is 0 Å². The number of oxazole rings is 1. The zero-order chi connectivity index (χ0) is 18.3. The first kappa shape index (κ1) is 16.2. The van der Waals surface area contributed by atoms with Gasteiger partial charge in [-0.1, -0.05) is 24.3 Å². The molecule has 4 aromatic rings. The van der Waals surface area contributed by atoms with Gasteiger partial charge in [-0.05, 0) is 24.6 Å². The quantitative estimate of drug-likeness (QED) is 0.510. The van der Waals surface area contributed by atoms with Crippen LogP contribution < -0.4 is 10.5 Å². The Morgan fingerprint density at radius 2 is 1.92 bits per heavy atom. The van der Waals surface area contributed by atoms with Crippen LogP contribution in [0.25, 0.3) is 22.4 Å². The number of aryl methyl sites for hydroxylation is 1. The fourth-order valence-corrected chi connectivity index (χ4v) is 3.68. The van der Waals surface area contributed by atoms with E-state index in [1.165, 1.54) is 18.2 Å². The molecule has 4 rings (SSSR count). The zero-order valence-electron chi connectivity index (χ0n) is 13.6. The minimum atomic E-state index is -3.88. The Morgan fingerprint density at radius 1 is 1.12 bits per heavy atom. The second kappa shape index (κ2) is 5.88. The molecule has 132 valence electrons. The molecule has 8 nitrogen and oxygen atoms in total. The van der Waals surface area contributed by atoms with Gasteiger partial charge in [0.2, 0.25) is 0 Å². The maximum atomic E-state index is 12.6. The number of aromatic amines is 2. The van der Waals surface area contributed by atoms with E-state index in [-0.39, 0.29) is 16.3 Å². The summed E-state index contributed by atoms with van der Waals surface area (Å²) in [5.74, 6) is -0.475. The van der Waals surface area contributed by atoms with Gasteiger partial charge in [0.1, 0.15) is 0 Å². The smallest absolute Gasteiger partial charge is 0.408 e. The lowest BCUT2D eigenvalue weighted by Gasteiger charge is -2.04. The standard InChI is InChI=1S/C17H14N4O4S/c1-10-4-2-3-5-12(10)14-9-16(20-19-14)21-26(23,24)11-6-7-13-15(8-11)25-17(22)18-13/h2-9H,1H3,(H,18,22)(H2,19,20,21). The molecular formula is C17H14N4O4S. The van der Waals surface area contributed by atoms with Crippen LogP contribution in [0.4, 0.5) is 5.82 Å². The monoisotopic (exact) mass is 370 g/mol. The van der Waals surface area contributed by atoms with E-state index in [9.17, 15) is 13.2 Å². The molecule has 0 fully saturated rings. The third-order valence-corrected chi connectivity index (χ3v) is 5.31. The van der Waals surface area contributed by atoms with Crippen LogP contribution in [-0.2, 0) is 10.0 Å². The van der Waals surface area contributed by atoms with Gasteiger partial charge >= 0.3 is 5.76 Å². The second-order valence-corrected chi connectivity index (χ2v) is 7.44. The lowest BCUT2D eigenvalue weighted by molar-refractivity contribution is 0.554. The number of H-pyrrole nitrogens is 2. The molecular weight excluding hydrogens is 356 g/mol. The predicted molar refractivity (Wildman–Crippen MR) is 96.4 cm³/mol. The number of sulfonamides is 1. The Bertz CT molecular complexity index is 1270. The van der Waals surface area contributed by atoms with E-state index < -0.39 is 15.8 Å². The Labute approximate surface area is 147 Å². The minimum Gasteiger partial charge on any atom is -0.408 e. The summed E-state index contributed by atoms with van der Waals surface area (Å²) in [4.78, 5) is 13.6. The number of nitrogens with one attached hydrogen (secondary N) is 3. The first-order valence-electron chi connectivity index (χ1n) is 7.69. The van der Waals surface area contributed by atoms with Crippen LogP contribution in [0.3, 0.4) is 0 Å². The lowest BCUT2D eigenvalue weighted by atomic mass is 10.1. The fraction of sp³-hybridized carbons (Fsp3) is 0.0588. The van der Waals surface area contributed by atoms with Crippen LogP contribution in [0.15, 0.2) is 62.6 Å². The molecule has 0 atom stereocenters. The van der Waals surface area contributed by atoms with Crippen molar-refractivity contribution in [1.82, 2.24) is 15.2 Å². The minimum absolute atomic E-state index is 0.0341. The molecule has 0 spiro atoms.